The van der Waals surface area contributed by atoms with Crippen LogP contribution < -0.4 is 10.2 Å². The van der Waals surface area contributed by atoms with Crippen LogP contribution in [-0.4, -0.2) is 22.7 Å². The smallest absolute Gasteiger partial charge is 0.294 e. The second-order valence-electron chi connectivity index (χ2n) is 6.94. The summed E-state index contributed by atoms with van der Waals surface area (Å²) in [6.07, 6.45) is 1.05. The highest BCUT2D eigenvalue weighted by atomic mass is 16.3. The number of aryl methyl sites for hydroxylation is 1. The lowest BCUT2D eigenvalue weighted by atomic mass is 9.94. The summed E-state index contributed by atoms with van der Waals surface area (Å²) in [5.41, 5.74) is 2.98. The van der Waals surface area contributed by atoms with Gasteiger partial charge in [-0.2, -0.15) is 0 Å². The number of carbonyl (C=O) groups is 3. The molecule has 0 saturated carbocycles. The fourth-order valence-corrected chi connectivity index (χ4v) is 3.53. The molecule has 1 atom stereocenters. The number of aliphatic hydroxyl groups is 1. The third-order valence-corrected chi connectivity index (χ3v) is 4.98. The van der Waals surface area contributed by atoms with Gasteiger partial charge in [0.25, 0.3) is 5.91 Å². The predicted octanol–water partition coefficient (Wildman–Crippen LogP) is 4.09. The highest BCUT2D eigenvalue weighted by Crippen LogP contribution is 2.41. The molecule has 1 aliphatic rings. The van der Waals surface area contributed by atoms with Crippen molar-refractivity contribution >= 4 is 29.0 Å². The molecule has 1 aliphatic heterocycles. The first-order valence-corrected chi connectivity index (χ1v) is 9.63. The Bertz CT molecular complexity index is 992. The average molecular weight is 392 g/mol. The molecule has 0 spiro atoms. The van der Waals surface area contributed by atoms with Crippen LogP contribution in [0.3, 0.4) is 0 Å². The molecule has 2 aromatic carbocycles. The van der Waals surface area contributed by atoms with Gasteiger partial charge in [0.15, 0.2) is 11.5 Å². The quantitative estimate of drug-likeness (QED) is 0.775. The number of Topliss-reactive ketones (excluding diaryl/α,β-unsaturated/α-hetero) is 1. The number of ketones is 1. The molecular weight excluding hydrogens is 368 g/mol. The second-order valence-corrected chi connectivity index (χ2v) is 6.94. The lowest BCUT2D eigenvalue weighted by Gasteiger charge is -2.27. The van der Waals surface area contributed by atoms with Gasteiger partial charge in [-0.25, -0.2) is 0 Å². The minimum atomic E-state index is -0.728. The molecule has 2 amide bonds. The SMILES string of the molecule is CCC(=O)C1=C(O)C(=O)N(c2cccc(NC(C)=O)c2)C1c1ccc(CC)cc1. The van der Waals surface area contributed by atoms with Crippen molar-refractivity contribution in [1.29, 1.82) is 0 Å². The van der Waals surface area contributed by atoms with Crippen LogP contribution in [0.4, 0.5) is 11.4 Å². The number of nitrogens with zero attached hydrogens (tertiary/aromatic N) is 1. The van der Waals surface area contributed by atoms with Crippen LogP contribution in [0.25, 0.3) is 0 Å². The Kier molecular flexibility index (Phi) is 5.82. The van der Waals surface area contributed by atoms with Crippen LogP contribution in [0.5, 0.6) is 0 Å². The molecule has 0 radical (unpaired) electrons. The third-order valence-electron chi connectivity index (χ3n) is 4.98. The molecule has 1 unspecified atom stereocenters. The number of amides is 2. The van der Waals surface area contributed by atoms with Gasteiger partial charge in [-0.3, -0.25) is 19.3 Å². The highest BCUT2D eigenvalue weighted by molar-refractivity contribution is 6.16. The van der Waals surface area contributed by atoms with Crippen molar-refractivity contribution < 1.29 is 19.5 Å². The molecule has 3 rings (SSSR count). The number of benzene rings is 2. The Morgan fingerprint density at radius 3 is 2.38 bits per heavy atom. The van der Waals surface area contributed by atoms with Crippen molar-refractivity contribution in [1.82, 2.24) is 0 Å². The molecule has 150 valence electrons. The van der Waals surface area contributed by atoms with E-state index in [0.29, 0.717) is 11.4 Å². The maximum atomic E-state index is 13.0. The highest BCUT2D eigenvalue weighted by Gasteiger charge is 2.43. The second kappa shape index (κ2) is 8.31. The van der Waals surface area contributed by atoms with Crippen molar-refractivity contribution in [2.24, 2.45) is 0 Å². The molecule has 2 aromatic rings. The van der Waals surface area contributed by atoms with E-state index in [1.807, 2.05) is 31.2 Å². The van der Waals surface area contributed by atoms with Gasteiger partial charge in [0.2, 0.25) is 5.91 Å². The minimum Gasteiger partial charge on any atom is -0.503 e. The van der Waals surface area contributed by atoms with Gasteiger partial charge in [0.05, 0.1) is 11.6 Å². The van der Waals surface area contributed by atoms with Gasteiger partial charge >= 0.3 is 0 Å². The van der Waals surface area contributed by atoms with E-state index in [0.717, 1.165) is 17.5 Å². The monoisotopic (exact) mass is 392 g/mol. The van der Waals surface area contributed by atoms with Gasteiger partial charge < -0.3 is 10.4 Å². The first-order chi connectivity index (χ1) is 13.9. The Balaban J connectivity index is 2.12. The largest absolute Gasteiger partial charge is 0.503 e. The van der Waals surface area contributed by atoms with Crippen molar-refractivity contribution in [2.75, 3.05) is 10.2 Å². The van der Waals surface area contributed by atoms with E-state index in [1.165, 1.54) is 11.8 Å². The van der Waals surface area contributed by atoms with E-state index in [1.54, 1.807) is 31.2 Å². The van der Waals surface area contributed by atoms with Crippen LogP contribution >= 0.6 is 0 Å². The minimum absolute atomic E-state index is 0.103. The number of rotatable bonds is 6. The lowest BCUT2D eigenvalue weighted by molar-refractivity contribution is -0.118. The predicted molar refractivity (Wildman–Crippen MR) is 112 cm³/mol. The molecule has 0 aromatic heterocycles. The van der Waals surface area contributed by atoms with E-state index in [2.05, 4.69) is 5.32 Å². The van der Waals surface area contributed by atoms with Gasteiger partial charge in [0, 0.05) is 24.7 Å². The molecule has 0 aliphatic carbocycles. The standard InChI is InChI=1S/C23H24N2O4/c1-4-15-9-11-16(12-10-15)21-20(19(27)5-2)22(28)23(29)25(21)18-8-6-7-17(13-18)24-14(3)26/h6-13,21,28H,4-5H2,1-3H3,(H,24,26). The first kappa shape index (κ1) is 20.3. The zero-order valence-corrected chi connectivity index (χ0v) is 16.7. The summed E-state index contributed by atoms with van der Waals surface area (Å²) in [5.74, 6) is -1.66. The Hall–Kier alpha value is -3.41. The van der Waals surface area contributed by atoms with E-state index < -0.39 is 17.7 Å². The molecule has 0 saturated heterocycles. The summed E-state index contributed by atoms with van der Waals surface area (Å²) in [7, 11) is 0. The Morgan fingerprint density at radius 1 is 1.10 bits per heavy atom. The van der Waals surface area contributed by atoms with E-state index in [-0.39, 0.29) is 23.7 Å². The van der Waals surface area contributed by atoms with Crippen molar-refractivity contribution in [2.45, 2.75) is 39.7 Å². The number of aliphatic hydroxyl groups excluding tert-OH is 1. The summed E-state index contributed by atoms with van der Waals surface area (Å²) in [4.78, 5) is 38.4. The molecule has 29 heavy (non-hydrogen) atoms. The zero-order chi connectivity index (χ0) is 21.1. The Labute approximate surface area is 169 Å². The zero-order valence-electron chi connectivity index (χ0n) is 16.7. The van der Waals surface area contributed by atoms with E-state index >= 15 is 0 Å². The van der Waals surface area contributed by atoms with Gasteiger partial charge in [-0.05, 0) is 35.7 Å². The maximum Gasteiger partial charge on any atom is 0.294 e. The fraction of sp³-hybridized carbons (Fsp3) is 0.261. The van der Waals surface area contributed by atoms with Gasteiger partial charge in [0.1, 0.15) is 0 Å². The van der Waals surface area contributed by atoms with Crippen LogP contribution in [0.1, 0.15) is 44.4 Å². The molecule has 0 fully saturated rings. The molecular formula is C23H24N2O4. The maximum absolute atomic E-state index is 13.0. The molecule has 2 N–H and O–H groups in total. The summed E-state index contributed by atoms with van der Waals surface area (Å²) < 4.78 is 0. The van der Waals surface area contributed by atoms with Crippen LogP contribution in [-0.2, 0) is 20.8 Å². The number of nitrogens with one attached hydrogen (secondary N) is 1. The van der Waals surface area contributed by atoms with Gasteiger partial charge in [-0.15, -0.1) is 0 Å². The number of anilines is 2. The average Bonchev–Trinajstić information content (AvgIpc) is 2.98. The lowest BCUT2D eigenvalue weighted by Crippen LogP contribution is -2.31. The van der Waals surface area contributed by atoms with Crippen LogP contribution in [0.2, 0.25) is 0 Å². The first-order valence-electron chi connectivity index (χ1n) is 9.63. The van der Waals surface area contributed by atoms with Crippen molar-refractivity contribution in [3.05, 3.63) is 71.0 Å². The number of carbonyl (C=O) groups excluding carboxylic acids is 3. The van der Waals surface area contributed by atoms with Crippen LogP contribution in [0.15, 0.2) is 59.9 Å². The fourth-order valence-electron chi connectivity index (χ4n) is 3.53. The third kappa shape index (κ3) is 3.92. The van der Waals surface area contributed by atoms with E-state index in [4.69, 9.17) is 0 Å². The molecule has 6 heteroatoms. The van der Waals surface area contributed by atoms with Crippen molar-refractivity contribution in [3.63, 3.8) is 0 Å². The molecule has 6 nitrogen and oxygen atoms in total. The van der Waals surface area contributed by atoms with Crippen molar-refractivity contribution in [3.8, 4) is 0 Å². The summed E-state index contributed by atoms with van der Waals surface area (Å²) in [6, 6.07) is 13.7. The topological polar surface area (TPSA) is 86.7 Å². The molecule has 0 bridgehead atoms. The Morgan fingerprint density at radius 2 is 1.79 bits per heavy atom. The summed E-state index contributed by atoms with van der Waals surface area (Å²) in [5, 5.41) is 13.2. The summed E-state index contributed by atoms with van der Waals surface area (Å²) in [6.45, 7) is 5.15. The number of hydrogen-bond acceptors (Lipinski definition) is 4. The van der Waals surface area contributed by atoms with Crippen LogP contribution in [0, 0.1) is 0 Å². The van der Waals surface area contributed by atoms with Gasteiger partial charge in [-0.1, -0.05) is 44.2 Å². The summed E-state index contributed by atoms with van der Waals surface area (Å²) >= 11 is 0. The molecule has 1 heterocycles. The number of hydrogen-bond donors (Lipinski definition) is 2. The van der Waals surface area contributed by atoms with E-state index in [9.17, 15) is 19.5 Å². The normalized spacial score (nSPS) is 16.3.